The lowest BCUT2D eigenvalue weighted by Gasteiger charge is -2.57. The summed E-state index contributed by atoms with van der Waals surface area (Å²) < 4.78 is 0. The van der Waals surface area contributed by atoms with Gasteiger partial charge in [0.1, 0.15) is 0 Å². The summed E-state index contributed by atoms with van der Waals surface area (Å²) in [5.41, 5.74) is -25.7. The molecule has 11 nitrogen and oxygen atoms in total. The fraction of sp³-hybridized carbons (Fsp3) is 0.806. The predicted molar refractivity (Wildman–Crippen MR) is 154 cm³/mol. The van der Waals surface area contributed by atoms with Crippen LogP contribution in [0.15, 0.2) is 0 Å². The van der Waals surface area contributed by atoms with Gasteiger partial charge in [-0.05, 0) is 0 Å². The van der Waals surface area contributed by atoms with Crippen molar-refractivity contribution in [2.24, 2.45) is 27.1 Å². The van der Waals surface area contributed by atoms with E-state index in [2.05, 4.69) is 0 Å². The molecule has 0 fully saturated rings. The highest BCUT2D eigenvalue weighted by Crippen LogP contribution is 2.51. The van der Waals surface area contributed by atoms with E-state index in [1.165, 1.54) is 83.1 Å². The number of carbonyl (C=O) groups is 6. The van der Waals surface area contributed by atoms with Gasteiger partial charge in [-0.15, -0.1) is 0 Å². The second-order valence-electron chi connectivity index (χ2n) is 16.4. The second kappa shape index (κ2) is 11.1. The Morgan fingerprint density at radius 2 is 0.690 bits per heavy atom. The van der Waals surface area contributed by atoms with Crippen LogP contribution in [0.2, 0.25) is 0 Å². The Balaban J connectivity index is 9.16. The Hall–Kier alpha value is -2.18. The van der Waals surface area contributed by atoms with Gasteiger partial charge < -0.3 is 25.5 Å². The number of carbonyl (C=O) groups excluding carboxylic acids is 6. The van der Waals surface area contributed by atoms with Crippen LogP contribution in [0.3, 0.4) is 0 Å². The lowest BCUT2D eigenvalue weighted by molar-refractivity contribution is -0.274. The largest absolute Gasteiger partial charge is 0.393 e. The number of Topliss-reactive ketones (excluding diaryl/α,β-unsaturated/α-hetero) is 6. The minimum absolute atomic E-state index is 1.16. The zero-order valence-corrected chi connectivity index (χ0v) is 27.9. The summed E-state index contributed by atoms with van der Waals surface area (Å²) >= 11 is 0. The third-order valence-corrected chi connectivity index (χ3v) is 7.18. The first-order chi connectivity index (χ1) is 18.0. The molecule has 4 atom stereocenters. The summed E-state index contributed by atoms with van der Waals surface area (Å²) in [7, 11) is 0. The molecule has 0 aliphatic heterocycles. The van der Waals surface area contributed by atoms with Crippen LogP contribution < -0.4 is 0 Å². The van der Waals surface area contributed by atoms with Gasteiger partial charge in [-0.2, -0.15) is 0 Å². The van der Waals surface area contributed by atoms with E-state index in [9.17, 15) is 54.3 Å². The molecule has 242 valence electrons. The predicted octanol–water partition coefficient (Wildman–Crippen LogP) is 1.55. The number of aliphatic hydroxyl groups is 5. The lowest BCUT2D eigenvalue weighted by Crippen LogP contribution is -2.89. The summed E-state index contributed by atoms with van der Waals surface area (Å²) in [5, 5.41) is 60.1. The fourth-order valence-electron chi connectivity index (χ4n) is 4.78. The molecule has 0 radical (unpaired) electrons. The van der Waals surface area contributed by atoms with Crippen molar-refractivity contribution in [1.29, 1.82) is 0 Å². The summed E-state index contributed by atoms with van der Waals surface area (Å²) in [6.45, 7) is 16.2. The van der Waals surface area contributed by atoms with Crippen molar-refractivity contribution in [1.82, 2.24) is 0 Å². The molecule has 0 amide bonds. The van der Waals surface area contributed by atoms with Crippen molar-refractivity contribution in [3.8, 4) is 0 Å². The minimum Gasteiger partial charge on any atom is -0.393 e. The molecule has 0 saturated heterocycles. The highest BCUT2D eigenvalue weighted by molar-refractivity contribution is 6.48. The molecule has 42 heavy (non-hydrogen) atoms. The zero-order valence-electron chi connectivity index (χ0n) is 27.9. The summed E-state index contributed by atoms with van der Waals surface area (Å²) in [4.78, 5) is 84.2. The van der Waals surface area contributed by atoms with Gasteiger partial charge in [0.15, 0.2) is 28.7 Å². The van der Waals surface area contributed by atoms with Gasteiger partial charge >= 0.3 is 0 Å². The van der Waals surface area contributed by atoms with Crippen LogP contribution >= 0.6 is 0 Å². The molecule has 11 heteroatoms. The first-order valence-electron chi connectivity index (χ1n) is 13.8. The van der Waals surface area contributed by atoms with Gasteiger partial charge in [0.2, 0.25) is 28.4 Å². The van der Waals surface area contributed by atoms with Crippen LogP contribution in [0.1, 0.15) is 104 Å². The van der Waals surface area contributed by atoms with Crippen LogP contribution in [-0.4, -0.2) is 89.2 Å². The normalized spacial score (nSPS) is 19.4. The number of rotatable bonds is 10. The van der Waals surface area contributed by atoms with Crippen LogP contribution in [0.25, 0.3) is 0 Å². The van der Waals surface area contributed by atoms with Crippen molar-refractivity contribution in [3.63, 3.8) is 0 Å². The van der Waals surface area contributed by atoms with E-state index in [-0.39, 0.29) is 0 Å². The summed E-state index contributed by atoms with van der Waals surface area (Å²) in [5.74, 6) is -10.1. The van der Waals surface area contributed by atoms with Crippen LogP contribution in [0.5, 0.6) is 0 Å². The zero-order chi connectivity index (χ0) is 34.7. The molecule has 0 heterocycles. The van der Waals surface area contributed by atoms with Crippen molar-refractivity contribution in [2.45, 2.75) is 126 Å². The average molecular weight is 601 g/mol. The Labute approximate surface area is 249 Å². The lowest BCUT2D eigenvalue weighted by atomic mass is 9.49. The van der Waals surface area contributed by atoms with Gasteiger partial charge in [0, 0.05) is 27.1 Å². The van der Waals surface area contributed by atoms with Gasteiger partial charge in [0.05, 0.1) is 6.61 Å². The number of hydrogen-bond acceptors (Lipinski definition) is 11. The third kappa shape index (κ3) is 6.08. The smallest absolute Gasteiger partial charge is 0.241 e. The van der Waals surface area contributed by atoms with Crippen molar-refractivity contribution in [3.05, 3.63) is 0 Å². The SMILES string of the molecule is CC(C)(C)C(=O)C(=O)[C@@](O)(C(=O)C(C)(C)C)[C@](O)(C(=O)C(C)(C)C)[C@@](O)(C(=O)C(C)(C)C)[C@](O)(CO)C(=O)C(C)(C)C. The first-order valence-corrected chi connectivity index (χ1v) is 13.8. The Morgan fingerprint density at radius 1 is 0.405 bits per heavy atom. The highest BCUT2D eigenvalue weighted by Gasteiger charge is 2.83. The number of aliphatic hydroxyl groups excluding tert-OH is 1. The molecule has 0 bridgehead atoms. The molecule has 0 aromatic carbocycles. The molecular weight excluding hydrogens is 548 g/mol. The highest BCUT2D eigenvalue weighted by atomic mass is 16.4. The minimum atomic E-state index is -4.41. The molecule has 0 aliphatic carbocycles. The van der Waals surface area contributed by atoms with E-state index in [0.29, 0.717) is 0 Å². The second-order valence-corrected chi connectivity index (χ2v) is 16.4. The Bertz CT molecular complexity index is 1150. The van der Waals surface area contributed by atoms with Gasteiger partial charge in [-0.25, -0.2) is 0 Å². The van der Waals surface area contributed by atoms with Gasteiger partial charge in [-0.1, -0.05) is 104 Å². The van der Waals surface area contributed by atoms with E-state index in [4.69, 9.17) is 0 Å². The summed E-state index contributed by atoms with van der Waals surface area (Å²) in [6, 6.07) is 0. The Kier molecular flexibility index (Phi) is 10.5. The maximum atomic E-state index is 14.4. The third-order valence-electron chi connectivity index (χ3n) is 7.18. The number of ketones is 6. The summed E-state index contributed by atoms with van der Waals surface area (Å²) in [6.07, 6.45) is 0. The van der Waals surface area contributed by atoms with Crippen molar-refractivity contribution >= 4 is 34.7 Å². The van der Waals surface area contributed by atoms with E-state index in [1.54, 1.807) is 0 Å². The number of hydrogen-bond donors (Lipinski definition) is 5. The Morgan fingerprint density at radius 3 is 0.929 bits per heavy atom. The molecule has 0 rings (SSSR count). The average Bonchev–Trinajstić information content (AvgIpc) is 2.80. The van der Waals surface area contributed by atoms with Crippen LogP contribution in [0, 0.1) is 27.1 Å². The van der Waals surface area contributed by atoms with Crippen molar-refractivity contribution in [2.75, 3.05) is 6.61 Å². The van der Waals surface area contributed by atoms with E-state index in [0.717, 1.165) is 20.8 Å². The van der Waals surface area contributed by atoms with Crippen LogP contribution in [0.4, 0.5) is 0 Å². The topological polar surface area (TPSA) is 204 Å². The van der Waals surface area contributed by atoms with Gasteiger partial charge in [0.25, 0.3) is 0 Å². The molecule has 0 aromatic heterocycles. The van der Waals surface area contributed by atoms with E-state index in [1.807, 2.05) is 0 Å². The van der Waals surface area contributed by atoms with E-state index >= 15 is 0 Å². The van der Waals surface area contributed by atoms with Gasteiger partial charge in [-0.3, -0.25) is 28.8 Å². The quantitative estimate of drug-likeness (QED) is 0.180. The molecule has 0 aliphatic rings. The maximum Gasteiger partial charge on any atom is 0.241 e. The molecular formula is C31H52O11. The molecule has 0 spiro atoms. The van der Waals surface area contributed by atoms with E-state index < -0.39 is 90.8 Å². The molecule has 0 unspecified atom stereocenters. The molecule has 0 aromatic rings. The standard InChI is InChI=1S/C31H52O11/c1-23(2,3)17(33)18(34)29(40,20(36)25(7,8)9)31(42,22(38)27(13,14)15)30(41,21(37)26(10,11)12)28(39,16-32)19(35)24(4,5)6/h32,39-42H,16H2,1-15H3/t28-,29+,30+,31+/m0/s1. The fourth-order valence-corrected chi connectivity index (χ4v) is 4.78. The molecule has 5 N–H and O–H groups in total. The monoisotopic (exact) mass is 600 g/mol. The maximum absolute atomic E-state index is 14.4. The van der Waals surface area contributed by atoms with Crippen molar-refractivity contribution < 1.29 is 54.3 Å². The van der Waals surface area contributed by atoms with Crippen LogP contribution in [-0.2, 0) is 28.8 Å². The molecule has 0 saturated carbocycles. The first kappa shape index (κ1) is 39.8.